The maximum atomic E-state index is 15.3. The fourth-order valence-electron chi connectivity index (χ4n) is 8.96. The number of hydrogen-bond donors (Lipinski definition) is 0. The summed E-state index contributed by atoms with van der Waals surface area (Å²) in [4.78, 5) is 52.1. The van der Waals surface area contributed by atoms with Crippen LogP contribution in [0, 0.1) is 11.6 Å². The zero-order valence-electron chi connectivity index (χ0n) is 43.8. The fraction of sp³-hybridized carbons (Fsp3) is 0.303. The first kappa shape index (κ1) is 56.0. The molecule has 0 fully saturated rings. The first-order valence-corrected chi connectivity index (χ1v) is 27.0. The molecule has 0 amide bonds. The minimum absolute atomic E-state index is 0.0959. The second-order valence-corrected chi connectivity index (χ2v) is 19.3. The molecule has 8 nitrogen and oxygen atoms in total. The van der Waals surface area contributed by atoms with Crippen LogP contribution in [-0.2, 0) is 12.8 Å². The van der Waals surface area contributed by atoms with Gasteiger partial charge in [0.2, 0.25) is 0 Å². The van der Waals surface area contributed by atoms with Crippen LogP contribution in [0.4, 0.5) is 8.78 Å². The van der Waals surface area contributed by atoms with Gasteiger partial charge in [0.1, 0.15) is 34.6 Å². The SMILES string of the molecule is CCCCCCCCCCc1ccc(-c2ccc(C(=O)Oc3ccc(C(=O)Oc4cccc(OC(=O)c5ccc(OC(=O)c6ccc(-c7ccc(CCCCCCCCCC)cc7)cc6)cc5F)c4)c(F)c3)cc2)cc1. The zero-order valence-corrected chi connectivity index (χ0v) is 43.8. The summed E-state index contributed by atoms with van der Waals surface area (Å²) in [5.41, 5.74) is 6.16. The average Bonchev–Trinajstić information content (AvgIpc) is 3.43. The highest BCUT2D eigenvalue weighted by molar-refractivity contribution is 5.95. The summed E-state index contributed by atoms with van der Waals surface area (Å²) in [5, 5.41) is 0. The van der Waals surface area contributed by atoms with E-state index in [9.17, 15) is 19.2 Å². The van der Waals surface area contributed by atoms with Crippen molar-refractivity contribution in [3.63, 3.8) is 0 Å². The molecule has 394 valence electrons. The van der Waals surface area contributed by atoms with E-state index in [1.165, 1.54) is 150 Å². The van der Waals surface area contributed by atoms with Gasteiger partial charge in [-0.25, -0.2) is 28.0 Å². The van der Waals surface area contributed by atoms with Gasteiger partial charge < -0.3 is 18.9 Å². The van der Waals surface area contributed by atoms with E-state index in [0.29, 0.717) is 0 Å². The van der Waals surface area contributed by atoms with Gasteiger partial charge in [-0.1, -0.05) is 183 Å². The fourth-order valence-corrected chi connectivity index (χ4v) is 8.96. The van der Waals surface area contributed by atoms with Gasteiger partial charge >= 0.3 is 23.9 Å². The van der Waals surface area contributed by atoms with Crippen molar-refractivity contribution in [2.24, 2.45) is 0 Å². The number of carbonyl (C=O) groups excluding carboxylic acids is 4. The average molecular weight is 1030 g/mol. The van der Waals surface area contributed by atoms with E-state index in [2.05, 4.69) is 62.4 Å². The lowest BCUT2D eigenvalue weighted by molar-refractivity contribution is 0.0720. The van der Waals surface area contributed by atoms with Crippen molar-refractivity contribution in [1.82, 2.24) is 0 Å². The van der Waals surface area contributed by atoms with Gasteiger partial charge in [0, 0.05) is 18.2 Å². The van der Waals surface area contributed by atoms with Crippen LogP contribution in [0.3, 0.4) is 0 Å². The standard InChI is InChI=1S/C66H68F2O8/c1-3-5-7-9-11-13-15-17-20-47-24-28-49(29-25-47)51-32-36-53(37-33-51)63(69)73-57-40-42-59(61(67)45-57)65(71)75-55-22-19-23-56(44-55)76-66(72)60-43-41-58(46-62(60)68)74-64(70)54-38-34-52(35-39-54)50-30-26-48(27-31-50)21-18-16-14-12-10-8-6-4-2/h19,22-46H,3-18,20-21H2,1-2H3. The first-order valence-electron chi connectivity index (χ1n) is 27.0. The lowest BCUT2D eigenvalue weighted by Gasteiger charge is -2.10. The van der Waals surface area contributed by atoms with Crippen LogP contribution in [0.2, 0.25) is 0 Å². The molecular weight excluding hydrogens is 959 g/mol. The third-order valence-corrected chi connectivity index (χ3v) is 13.4. The van der Waals surface area contributed by atoms with Crippen molar-refractivity contribution >= 4 is 23.9 Å². The van der Waals surface area contributed by atoms with Gasteiger partial charge in [-0.3, -0.25) is 0 Å². The van der Waals surface area contributed by atoms with E-state index in [4.69, 9.17) is 18.9 Å². The molecule has 0 aliphatic carbocycles. The van der Waals surface area contributed by atoms with Crippen molar-refractivity contribution < 1.29 is 46.9 Å². The Morgan fingerprint density at radius 3 is 0.974 bits per heavy atom. The molecule has 0 heterocycles. The summed E-state index contributed by atoms with van der Waals surface area (Å²) in [5.74, 6) is -5.97. The molecule has 0 aliphatic rings. The van der Waals surface area contributed by atoms with Crippen LogP contribution in [0.15, 0.2) is 158 Å². The van der Waals surface area contributed by atoms with Crippen molar-refractivity contribution in [2.75, 3.05) is 0 Å². The van der Waals surface area contributed by atoms with Gasteiger partial charge in [-0.2, -0.15) is 0 Å². The van der Waals surface area contributed by atoms with Gasteiger partial charge in [-0.05, 0) is 120 Å². The minimum Gasteiger partial charge on any atom is -0.423 e. The molecule has 0 N–H and O–H groups in total. The van der Waals surface area contributed by atoms with Crippen LogP contribution in [0.5, 0.6) is 23.0 Å². The molecule has 0 bridgehead atoms. The van der Waals surface area contributed by atoms with Crippen LogP contribution >= 0.6 is 0 Å². The number of benzene rings is 7. The predicted octanol–water partition coefficient (Wildman–Crippen LogP) is 17.5. The summed E-state index contributed by atoms with van der Waals surface area (Å²) < 4.78 is 52.1. The van der Waals surface area contributed by atoms with Crippen LogP contribution in [-0.4, -0.2) is 23.9 Å². The molecule has 0 aliphatic heterocycles. The smallest absolute Gasteiger partial charge is 0.346 e. The van der Waals surface area contributed by atoms with Gasteiger partial charge in [0.05, 0.1) is 22.3 Å². The third kappa shape index (κ3) is 17.2. The molecule has 7 aromatic carbocycles. The monoisotopic (exact) mass is 1030 g/mol. The number of aryl methyl sites for hydroxylation is 2. The molecule has 10 heteroatoms. The Morgan fingerprint density at radius 2 is 0.632 bits per heavy atom. The van der Waals surface area contributed by atoms with E-state index >= 15 is 8.78 Å². The van der Waals surface area contributed by atoms with Crippen LogP contribution in [0.25, 0.3) is 22.3 Å². The Labute approximate surface area is 446 Å². The zero-order chi connectivity index (χ0) is 53.5. The Morgan fingerprint density at radius 1 is 0.329 bits per heavy atom. The summed E-state index contributed by atoms with van der Waals surface area (Å²) in [7, 11) is 0. The van der Waals surface area contributed by atoms with E-state index in [-0.39, 0.29) is 34.1 Å². The summed E-state index contributed by atoms with van der Waals surface area (Å²) in [6, 6.07) is 42.8. The maximum absolute atomic E-state index is 15.3. The van der Waals surface area contributed by atoms with Crippen molar-refractivity contribution in [3.05, 3.63) is 203 Å². The molecule has 0 unspecified atom stereocenters. The second-order valence-electron chi connectivity index (χ2n) is 19.3. The number of esters is 4. The number of hydrogen-bond acceptors (Lipinski definition) is 8. The summed E-state index contributed by atoms with van der Waals surface area (Å²) in [6.07, 6.45) is 22.7. The molecular formula is C66H68F2O8. The van der Waals surface area contributed by atoms with E-state index in [1.54, 1.807) is 24.3 Å². The van der Waals surface area contributed by atoms with E-state index in [0.717, 1.165) is 59.4 Å². The highest BCUT2D eigenvalue weighted by Crippen LogP contribution is 2.28. The second kappa shape index (κ2) is 29.4. The topological polar surface area (TPSA) is 105 Å². The molecule has 0 saturated heterocycles. The summed E-state index contributed by atoms with van der Waals surface area (Å²) >= 11 is 0. The number of ether oxygens (including phenoxy) is 4. The quantitative estimate of drug-likeness (QED) is 0.0271. The van der Waals surface area contributed by atoms with E-state index in [1.807, 2.05) is 24.3 Å². The maximum Gasteiger partial charge on any atom is 0.346 e. The van der Waals surface area contributed by atoms with Crippen LogP contribution < -0.4 is 18.9 Å². The first-order chi connectivity index (χ1) is 37.1. The molecule has 7 rings (SSSR count). The lowest BCUT2D eigenvalue weighted by atomic mass is 10.00. The summed E-state index contributed by atoms with van der Waals surface area (Å²) in [6.45, 7) is 4.48. The number of unbranched alkanes of at least 4 members (excludes halogenated alkanes) is 14. The third-order valence-electron chi connectivity index (χ3n) is 13.4. The van der Waals surface area contributed by atoms with E-state index < -0.39 is 46.6 Å². The number of carbonyl (C=O) groups is 4. The molecule has 0 radical (unpaired) electrons. The van der Waals surface area contributed by atoms with Gasteiger partial charge in [-0.15, -0.1) is 0 Å². The Hall–Kier alpha value is -7.72. The minimum atomic E-state index is -1.07. The van der Waals surface area contributed by atoms with Gasteiger partial charge in [0.25, 0.3) is 0 Å². The Kier molecular flexibility index (Phi) is 21.7. The largest absolute Gasteiger partial charge is 0.423 e. The van der Waals surface area contributed by atoms with Crippen LogP contribution in [0.1, 0.15) is 169 Å². The Bertz CT molecular complexity index is 2780. The van der Waals surface area contributed by atoms with Gasteiger partial charge in [0.15, 0.2) is 0 Å². The highest BCUT2D eigenvalue weighted by atomic mass is 19.1. The predicted molar refractivity (Wildman–Crippen MR) is 295 cm³/mol. The Balaban J connectivity index is 0.843. The highest BCUT2D eigenvalue weighted by Gasteiger charge is 2.20. The van der Waals surface area contributed by atoms with Crippen molar-refractivity contribution in [3.8, 4) is 45.3 Å². The molecule has 0 aromatic heterocycles. The molecule has 76 heavy (non-hydrogen) atoms. The van der Waals surface area contributed by atoms with Crippen molar-refractivity contribution in [2.45, 2.75) is 129 Å². The van der Waals surface area contributed by atoms with Crippen molar-refractivity contribution in [1.29, 1.82) is 0 Å². The molecule has 7 aromatic rings. The molecule has 0 atom stereocenters. The lowest BCUT2D eigenvalue weighted by Crippen LogP contribution is -2.13. The number of halogens is 2. The number of rotatable bonds is 28. The molecule has 0 spiro atoms. The molecule has 0 saturated carbocycles. The normalized spacial score (nSPS) is 11.0.